The Hall–Kier alpha value is -2.44. The molecule has 2 N–H and O–H groups in total. The lowest BCUT2D eigenvalue weighted by Crippen LogP contribution is -2.28. The van der Waals surface area contributed by atoms with E-state index in [4.69, 9.17) is 9.47 Å². The molecule has 0 amide bonds. The van der Waals surface area contributed by atoms with Crippen molar-refractivity contribution in [2.45, 2.75) is 135 Å². The molecule has 1 unspecified atom stereocenters. The number of carbonyl (C=O) groups is 2. The smallest absolute Gasteiger partial charge is 0.306 e. The summed E-state index contributed by atoms with van der Waals surface area (Å²) in [4.78, 5) is 24.0. The van der Waals surface area contributed by atoms with Crippen LogP contribution in [0.3, 0.4) is 0 Å². The lowest BCUT2D eigenvalue weighted by Gasteiger charge is -2.16. The molecule has 0 spiro atoms. The monoisotopic (exact) mass is 574 g/mol. The summed E-state index contributed by atoms with van der Waals surface area (Å²) in [5, 5.41) is 19.5. The maximum absolute atomic E-state index is 12.1. The number of aliphatic hydroxyl groups is 2. The van der Waals surface area contributed by atoms with Crippen LogP contribution in [-0.2, 0) is 19.1 Å². The van der Waals surface area contributed by atoms with Gasteiger partial charge in [-0.25, -0.2) is 0 Å². The van der Waals surface area contributed by atoms with E-state index >= 15 is 0 Å². The topological polar surface area (TPSA) is 93.1 Å². The summed E-state index contributed by atoms with van der Waals surface area (Å²) in [5.74, 6) is -0.806. The van der Waals surface area contributed by atoms with Gasteiger partial charge in [-0.1, -0.05) is 126 Å². The fourth-order valence-electron chi connectivity index (χ4n) is 3.99. The maximum Gasteiger partial charge on any atom is 0.306 e. The molecule has 234 valence electrons. The number of allylic oxidation sites excluding steroid dienone is 9. The van der Waals surface area contributed by atoms with Crippen LogP contribution in [0.4, 0.5) is 0 Å². The minimum absolute atomic E-state index is 0.123. The van der Waals surface area contributed by atoms with Crippen LogP contribution in [0.1, 0.15) is 123 Å². The Morgan fingerprint density at radius 3 is 1.85 bits per heavy atom. The molecule has 0 saturated heterocycles. The molecule has 0 aliphatic rings. The average molecular weight is 575 g/mol. The Balaban J connectivity index is 3.88. The third-order valence-electron chi connectivity index (χ3n) is 6.43. The van der Waals surface area contributed by atoms with Crippen LogP contribution in [-0.4, -0.2) is 47.6 Å². The number of aliphatic hydroxyl groups excluding tert-OH is 2. The molecule has 41 heavy (non-hydrogen) atoms. The van der Waals surface area contributed by atoms with Gasteiger partial charge in [-0.15, -0.1) is 0 Å². The molecule has 2 atom stereocenters. The highest BCUT2D eigenvalue weighted by atomic mass is 16.6. The first-order chi connectivity index (χ1) is 20.0. The van der Waals surface area contributed by atoms with E-state index in [1.807, 2.05) is 18.2 Å². The standard InChI is InChI=1S/C35H58O6/c1-3-5-7-9-11-13-14-15-16-18-19-21-23-26-32(37)27-25-29-35(39)41-33(30-36)31-40-34(38)28-24-22-20-17-12-10-8-6-4-2/h5,7,11,13,15-16,19,21,23,26,32-33,36-37H,3-4,6,8-10,12,14,17-18,20,22,24-25,27-31H2,1-2H3/b7-5-,13-11-,16-15-,21-19-,26-23+/t32?,33-/m0/s1. The largest absolute Gasteiger partial charge is 0.462 e. The maximum atomic E-state index is 12.1. The molecule has 0 aliphatic carbocycles. The van der Waals surface area contributed by atoms with E-state index in [2.05, 4.69) is 50.3 Å². The summed E-state index contributed by atoms with van der Waals surface area (Å²) >= 11 is 0. The van der Waals surface area contributed by atoms with Gasteiger partial charge in [-0.05, 0) is 44.9 Å². The fourth-order valence-corrected chi connectivity index (χ4v) is 3.99. The molecule has 0 saturated carbocycles. The third-order valence-corrected chi connectivity index (χ3v) is 6.43. The van der Waals surface area contributed by atoms with Gasteiger partial charge in [-0.3, -0.25) is 9.59 Å². The Labute approximate surface area is 250 Å². The van der Waals surface area contributed by atoms with Gasteiger partial charge < -0.3 is 19.7 Å². The van der Waals surface area contributed by atoms with E-state index < -0.39 is 24.8 Å². The Kier molecular flexibility index (Phi) is 28.7. The van der Waals surface area contributed by atoms with Crippen molar-refractivity contribution in [2.24, 2.45) is 0 Å². The predicted octanol–water partition coefficient (Wildman–Crippen LogP) is 8.25. The zero-order chi connectivity index (χ0) is 30.2. The first-order valence-corrected chi connectivity index (χ1v) is 16.0. The van der Waals surface area contributed by atoms with Gasteiger partial charge in [0.05, 0.1) is 12.7 Å². The molecule has 0 rings (SSSR count). The molecule has 0 bridgehead atoms. The number of unbranched alkanes of at least 4 members (excludes halogenated alkanes) is 8. The van der Waals surface area contributed by atoms with E-state index in [0.717, 1.165) is 44.9 Å². The van der Waals surface area contributed by atoms with Gasteiger partial charge in [0.1, 0.15) is 6.61 Å². The van der Waals surface area contributed by atoms with Crippen molar-refractivity contribution >= 4 is 11.9 Å². The van der Waals surface area contributed by atoms with Gasteiger partial charge in [-0.2, -0.15) is 0 Å². The highest BCUT2D eigenvalue weighted by molar-refractivity contribution is 5.70. The number of ether oxygens (including phenoxy) is 2. The SMILES string of the molecule is CC/C=C\C/C=C\C/C=C\C/C=C\C=C\C(O)CCCC(=O)O[C@@H](CO)COC(=O)CCCCCCCCCCC. The van der Waals surface area contributed by atoms with Crippen molar-refractivity contribution < 1.29 is 29.3 Å². The van der Waals surface area contributed by atoms with Crippen LogP contribution in [0, 0.1) is 0 Å². The third kappa shape index (κ3) is 28.9. The molecule has 0 aromatic heterocycles. The Morgan fingerprint density at radius 1 is 0.683 bits per heavy atom. The minimum Gasteiger partial charge on any atom is -0.462 e. The van der Waals surface area contributed by atoms with E-state index in [1.54, 1.807) is 6.08 Å². The zero-order valence-corrected chi connectivity index (χ0v) is 25.9. The molecule has 6 nitrogen and oxygen atoms in total. The normalized spacial score (nSPS) is 13.8. The lowest BCUT2D eigenvalue weighted by atomic mass is 10.1. The van der Waals surface area contributed by atoms with Gasteiger partial charge in [0.2, 0.25) is 0 Å². The quantitative estimate of drug-likeness (QED) is 0.0444. The first-order valence-electron chi connectivity index (χ1n) is 16.0. The van der Waals surface area contributed by atoms with E-state index in [-0.39, 0.29) is 19.0 Å². The first kappa shape index (κ1) is 38.6. The summed E-state index contributed by atoms with van der Waals surface area (Å²) in [6.45, 7) is 3.80. The van der Waals surface area contributed by atoms with Crippen molar-refractivity contribution in [3.05, 3.63) is 60.8 Å². The average Bonchev–Trinajstić information content (AvgIpc) is 2.96. The van der Waals surface area contributed by atoms with Gasteiger partial charge in [0.15, 0.2) is 6.10 Å². The van der Waals surface area contributed by atoms with Gasteiger partial charge >= 0.3 is 11.9 Å². The number of hydrogen-bond donors (Lipinski definition) is 2. The van der Waals surface area contributed by atoms with Crippen molar-refractivity contribution in [1.82, 2.24) is 0 Å². The van der Waals surface area contributed by atoms with Crippen molar-refractivity contribution in [1.29, 1.82) is 0 Å². The highest BCUT2D eigenvalue weighted by Crippen LogP contribution is 2.11. The van der Waals surface area contributed by atoms with E-state index in [1.165, 1.54) is 38.5 Å². The van der Waals surface area contributed by atoms with Gasteiger partial charge in [0.25, 0.3) is 0 Å². The number of esters is 2. The molecule has 0 radical (unpaired) electrons. The molecule has 0 aromatic carbocycles. The van der Waals surface area contributed by atoms with Crippen LogP contribution >= 0.6 is 0 Å². The number of carbonyl (C=O) groups excluding carboxylic acids is 2. The summed E-state index contributed by atoms with van der Waals surface area (Å²) in [5.41, 5.74) is 0. The molecular formula is C35H58O6. The zero-order valence-electron chi connectivity index (χ0n) is 25.9. The summed E-state index contributed by atoms with van der Waals surface area (Å²) < 4.78 is 10.4. The summed E-state index contributed by atoms with van der Waals surface area (Å²) in [6.07, 6.45) is 34.5. The molecular weight excluding hydrogens is 516 g/mol. The van der Waals surface area contributed by atoms with Crippen molar-refractivity contribution in [3.63, 3.8) is 0 Å². The lowest BCUT2D eigenvalue weighted by molar-refractivity contribution is -0.161. The van der Waals surface area contributed by atoms with Crippen LogP contribution in [0.5, 0.6) is 0 Å². The van der Waals surface area contributed by atoms with Crippen molar-refractivity contribution in [3.8, 4) is 0 Å². The molecule has 0 fully saturated rings. The van der Waals surface area contributed by atoms with Crippen LogP contribution in [0.2, 0.25) is 0 Å². The molecule has 6 heteroatoms. The summed E-state index contributed by atoms with van der Waals surface area (Å²) in [6, 6.07) is 0. The summed E-state index contributed by atoms with van der Waals surface area (Å²) in [7, 11) is 0. The second kappa shape index (κ2) is 30.5. The van der Waals surface area contributed by atoms with Crippen molar-refractivity contribution in [2.75, 3.05) is 13.2 Å². The Bertz CT molecular complexity index is 765. The highest BCUT2D eigenvalue weighted by Gasteiger charge is 2.16. The second-order valence-electron chi connectivity index (χ2n) is 10.4. The fraction of sp³-hybridized carbons (Fsp3) is 0.657. The molecule has 0 aliphatic heterocycles. The van der Waals surface area contributed by atoms with Crippen LogP contribution in [0.15, 0.2) is 60.8 Å². The second-order valence-corrected chi connectivity index (χ2v) is 10.4. The minimum atomic E-state index is -0.863. The number of rotatable bonds is 27. The van der Waals surface area contributed by atoms with Gasteiger partial charge in [0, 0.05) is 12.8 Å². The molecule has 0 aromatic rings. The van der Waals surface area contributed by atoms with Crippen LogP contribution < -0.4 is 0 Å². The van der Waals surface area contributed by atoms with Crippen LogP contribution in [0.25, 0.3) is 0 Å². The number of hydrogen-bond acceptors (Lipinski definition) is 6. The van der Waals surface area contributed by atoms with E-state index in [0.29, 0.717) is 19.3 Å². The van der Waals surface area contributed by atoms with E-state index in [9.17, 15) is 19.8 Å². The Morgan fingerprint density at radius 2 is 1.24 bits per heavy atom. The predicted molar refractivity (Wildman–Crippen MR) is 169 cm³/mol. The molecule has 0 heterocycles.